The quantitative estimate of drug-likeness (QED) is 0.822. The summed E-state index contributed by atoms with van der Waals surface area (Å²) in [4.78, 5) is 0. The van der Waals surface area contributed by atoms with Crippen LogP contribution in [0.4, 0.5) is 0 Å². The largest absolute Gasteiger partial charge is 0.311 e. The first-order valence-electron chi connectivity index (χ1n) is 6.15. The molecule has 1 saturated carbocycles. The molecule has 3 nitrogen and oxygen atoms in total. The molecule has 0 amide bonds. The van der Waals surface area contributed by atoms with Gasteiger partial charge in [0.25, 0.3) is 0 Å². The van der Waals surface area contributed by atoms with Crippen molar-refractivity contribution in [2.75, 3.05) is 6.54 Å². The lowest BCUT2D eigenvalue weighted by Gasteiger charge is -2.21. The van der Waals surface area contributed by atoms with Gasteiger partial charge in [-0.25, -0.2) is 0 Å². The minimum Gasteiger partial charge on any atom is -0.311 e. The molecule has 84 valence electrons. The van der Waals surface area contributed by atoms with Crippen LogP contribution >= 0.6 is 0 Å². The van der Waals surface area contributed by atoms with Crippen LogP contribution in [0.5, 0.6) is 0 Å². The Morgan fingerprint density at radius 3 is 2.93 bits per heavy atom. The summed E-state index contributed by atoms with van der Waals surface area (Å²) in [5, 5.41) is 7.93. The summed E-state index contributed by atoms with van der Waals surface area (Å²) in [7, 11) is 0. The molecule has 1 aliphatic carbocycles. The monoisotopic (exact) mass is 207 g/mol. The van der Waals surface area contributed by atoms with E-state index in [4.69, 9.17) is 0 Å². The Balaban J connectivity index is 1.93. The van der Waals surface area contributed by atoms with E-state index in [2.05, 4.69) is 34.3 Å². The number of hydrogen-bond donors (Lipinski definition) is 1. The minimum absolute atomic E-state index is 0.661. The molecule has 3 heteroatoms. The van der Waals surface area contributed by atoms with Crippen molar-refractivity contribution >= 4 is 0 Å². The Morgan fingerprint density at radius 1 is 1.40 bits per heavy atom. The summed E-state index contributed by atoms with van der Waals surface area (Å²) < 4.78 is 2.17. The molecule has 1 aromatic heterocycles. The summed E-state index contributed by atoms with van der Waals surface area (Å²) >= 11 is 0. The summed E-state index contributed by atoms with van der Waals surface area (Å²) in [6.45, 7) is 4.03. The number of nitrogens with one attached hydrogen (secondary N) is 1. The molecule has 0 unspecified atom stereocenters. The van der Waals surface area contributed by atoms with Crippen molar-refractivity contribution in [1.29, 1.82) is 0 Å². The van der Waals surface area contributed by atoms with Crippen molar-refractivity contribution in [2.45, 2.75) is 51.6 Å². The fourth-order valence-corrected chi connectivity index (χ4v) is 2.27. The maximum absolute atomic E-state index is 4.63. The highest BCUT2D eigenvalue weighted by Gasteiger charge is 2.15. The van der Waals surface area contributed by atoms with E-state index in [1.54, 1.807) is 0 Å². The molecule has 0 radical (unpaired) electrons. The normalized spacial score (nSPS) is 18.2. The number of aromatic nitrogens is 2. The van der Waals surface area contributed by atoms with E-state index in [9.17, 15) is 0 Å². The van der Waals surface area contributed by atoms with Gasteiger partial charge in [0.1, 0.15) is 0 Å². The molecule has 1 heterocycles. The van der Waals surface area contributed by atoms with Gasteiger partial charge in [-0.2, -0.15) is 5.10 Å². The van der Waals surface area contributed by atoms with Crippen molar-refractivity contribution < 1.29 is 0 Å². The van der Waals surface area contributed by atoms with Crippen LogP contribution in [0.25, 0.3) is 0 Å². The molecule has 1 aromatic rings. The molecule has 1 N–H and O–H groups in total. The molecule has 1 aliphatic rings. The third-order valence-electron chi connectivity index (χ3n) is 3.17. The van der Waals surface area contributed by atoms with Gasteiger partial charge in [-0.05, 0) is 25.5 Å². The van der Waals surface area contributed by atoms with E-state index in [1.807, 2.05) is 0 Å². The van der Waals surface area contributed by atoms with Crippen LogP contribution in [0.15, 0.2) is 12.3 Å². The summed E-state index contributed by atoms with van der Waals surface area (Å²) in [6.07, 6.45) is 8.90. The Labute approximate surface area is 91.9 Å². The fraction of sp³-hybridized carbons (Fsp3) is 0.750. The summed E-state index contributed by atoms with van der Waals surface area (Å²) in [5.41, 5.74) is 1.17. The number of nitrogens with zero attached hydrogens (tertiary/aromatic N) is 2. The summed E-state index contributed by atoms with van der Waals surface area (Å²) in [5.74, 6) is 0. The standard InChI is InChI=1S/C12H21N3/c1-2-13-10-11-8-9-15(14-11)12-6-4-3-5-7-12/h8-9,12-13H,2-7,10H2,1H3. The highest BCUT2D eigenvalue weighted by atomic mass is 15.3. The van der Waals surface area contributed by atoms with Gasteiger partial charge in [0.05, 0.1) is 11.7 Å². The number of hydrogen-bond acceptors (Lipinski definition) is 2. The minimum atomic E-state index is 0.661. The van der Waals surface area contributed by atoms with Crippen molar-refractivity contribution in [1.82, 2.24) is 15.1 Å². The van der Waals surface area contributed by atoms with Crippen LogP contribution in [0.2, 0.25) is 0 Å². The van der Waals surface area contributed by atoms with Crippen molar-refractivity contribution in [3.05, 3.63) is 18.0 Å². The van der Waals surface area contributed by atoms with Crippen molar-refractivity contribution in [3.63, 3.8) is 0 Å². The van der Waals surface area contributed by atoms with E-state index < -0.39 is 0 Å². The number of rotatable bonds is 4. The average molecular weight is 207 g/mol. The van der Waals surface area contributed by atoms with E-state index in [0.29, 0.717) is 6.04 Å². The van der Waals surface area contributed by atoms with E-state index in [1.165, 1.54) is 37.8 Å². The topological polar surface area (TPSA) is 29.9 Å². The Morgan fingerprint density at radius 2 is 2.20 bits per heavy atom. The molecule has 15 heavy (non-hydrogen) atoms. The molecule has 2 rings (SSSR count). The first-order valence-corrected chi connectivity index (χ1v) is 6.15. The zero-order valence-corrected chi connectivity index (χ0v) is 9.58. The highest BCUT2D eigenvalue weighted by molar-refractivity contribution is 4.99. The molecule has 0 aromatic carbocycles. The molecule has 0 atom stereocenters. The second kappa shape index (κ2) is 5.31. The van der Waals surface area contributed by atoms with Gasteiger partial charge in [-0.3, -0.25) is 4.68 Å². The average Bonchev–Trinajstić information content (AvgIpc) is 2.76. The van der Waals surface area contributed by atoms with Crippen LogP contribution in [-0.2, 0) is 6.54 Å². The second-order valence-electron chi connectivity index (χ2n) is 4.36. The van der Waals surface area contributed by atoms with E-state index >= 15 is 0 Å². The zero-order chi connectivity index (χ0) is 10.5. The van der Waals surface area contributed by atoms with Crippen LogP contribution in [0, 0.1) is 0 Å². The fourth-order valence-electron chi connectivity index (χ4n) is 2.27. The maximum atomic E-state index is 4.63. The van der Waals surface area contributed by atoms with Crippen LogP contribution in [0.1, 0.15) is 50.8 Å². The third-order valence-corrected chi connectivity index (χ3v) is 3.17. The van der Waals surface area contributed by atoms with Crippen LogP contribution in [0.3, 0.4) is 0 Å². The molecule has 0 aliphatic heterocycles. The predicted octanol–water partition coefficient (Wildman–Crippen LogP) is 2.50. The molecule has 0 bridgehead atoms. The first kappa shape index (κ1) is 10.7. The lowest BCUT2D eigenvalue weighted by atomic mass is 9.96. The lowest BCUT2D eigenvalue weighted by Crippen LogP contribution is -2.15. The smallest absolute Gasteiger partial charge is 0.0762 e. The van der Waals surface area contributed by atoms with Gasteiger partial charge in [0.15, 0.2) is 0 Å². The Hall–Kier alpha value is -0.830. The van der Waals surface area contributed by atoms with Gasteiger partial charge < -0.3 is 5.32 Å². The van der Waals surface area contributed by atoms with Gasteiger partial charge in [0.2, 0.25) is 0 Å². The Bertz CT molecular complexity index is 287. The zero-order valence-electron chi connectivity index (χ0n) is 9.58. The van der Waals surface area contributed by atoms with E-state index in [0.717, 1.165) is 13.1 Å². The van der Waals surface area contributed by atoms with E-state index in [-0.39, 0.29) is 0 Å². The Kier molecular flexibility index (Phi) is 3.78. The molecule has 0 saturated heterocycles. The maximum Gasteiger partial charge on any atom is 0.0762 e. The van der Waals surface area contributed by atoms with Crippen molar-refractivity contribution in [3.8, 4) is 0 Å². The molecule has 0 spiro atoms. The lowest BCUT2D eigenvalue weighted by molar-refractivity contribution is 0.328. The predicted molar refractivity (Wildman–Crippen MR) is 61.7 cm³/mol. The molecule has 1 fully saturated rings. The molecular weight excluding hydrogens is 186 g/mol. The molecular formula is C12H21N3. The third kappa shape index (κ3) is 2.81. The van der Waals surface area contributed by atoms with Crippen LogP contribution < -0.4 is 5.32 Å². The highest BCUT2D eigenvalue weighted by Crippen LogP contribution is 2.27. The van der Waals surface area contributed by atoms with Gasteiger partial charge >= 0.3 is 0 Å². The van der Waals surface area contributed by atoms with Gasteiger partial charge in [-0.15, -0.1) is 0 Å². The van der Waals surface area contributed by atoms with Gasteiger partial charge in [-0.1, -0.05) is 26.2 Å². The SMILES string of the molecule is CCNCc1ccn(C2CCCCC2)n1. The summed E-state index contributed by atoms with van der Waals surface area (Å²) in [6, 6.07) is 2.80. The first-order chi connectivity index (χ1) is 7.40. The second-order valence-corrected chi connectivity index (χ2v) is 4.36. The van der Waals surface area contributed by atoms with Gasteiger partial charge in [0, 0.05) is 12.7 Å². The van der Waals surface area contributed by atoms with Crippen molar-refractivity contribution in [2.24, 2.45) is 0 Å². The van der Waals surface area contributed by atoms with Crippen LogP contribution in [-0.4, -0.2) is 16.3 Å².